The van der Waals surface area contributed by atoms with E-state index < -0.39 is 0 Å². The van der Waals surface area contributed by atoms with E-state index in [0.29, 0.717) is 6.54 Å². The Hall–Kier alpha value is 0.120. The van der Waals surface area contributed by atoms with Gasteiger partial charge in [0.15, 0.2) is 0 Å². The van der Waals surface area contributed by atoms with Gasteiger partial charge in [0.05, 0.1) is 0 Å². The van der Waals surface area contributed by atoms with Gasteiger partial charge >= 0.3 is 0 Å². The molecule has 0 amide bonds. The van der Waals surface area contributed by atoms with Gasteiger partial charge in [0.1, 0.15) is 4.32 Å². The van der Waals surface area contributed by atoms with Crippen molar-refractivity contribution < 1.29 is 0 Å². The van der Waals surface area contributed by atoms with Crippen LogP contribution in [0.2, 0.25) is 0 Å². The Morgan fingerprint density at radius 3 is 2.77 bits per heavy atom. The zero-order valence-corrected chi connectivity index (χ0v) is 9.56. The lowest BCUT2D eigenvalue weighted by atomic mass is 10.6. The topological polar surface area (TPSA) is 62.1 Å². The summed E-state index contributed by atoms with van der Waals surface area (Å²) in [6, 6.07) is 0. The lowest BCUT2D eigenvalue weighted by molar-refractivity contribution is 0.684. The Kier molecular flexibility index (Phi) is 10.3. The second kappa shape index (κ2) is 10.2. The summed E-state index contributed by atoms with van der Waals surface area (Å²) >= 11 is 6.46. The number of hydrogen-bond acceptors (Lipinski definition) is 5. The number of thiocarbonyl (C=S) groups is 1. The van der Waals surface area contributed by atoms with Gasteiger partial charge in [-0.15, -0.1) is 0 Å². The second-order valence-electron chi connectivity index (χ2n) is 2.35. The summed E-state index contributed by atoms with van der Waals surface area (Å²) in [6.45, 7) is 6.25. The third-order valence-electron chi connectivity index (χ3n) is 1.21. The molecule has 78 valence electrons. The normalized spacial score (nSPS) is 10.0. The number of nitrogens with two attached hydrogens (primary N) is 1. The smallest absolute Gasteiger partial charge is 0.148 e. The quantitative estimate of drug-likeness (QED) is 0.269. The first kappa shape index (κ1) is 13.1. The zero-order chi connectivity index (χ0) is 9.94. The molecule has 0 aromatic heterocycles. The minimum Gasteiger partial charge on any atom is -0.370 e. The maximum atomic E-state index is 5.31. The van der Waals surface area contributed by atoms with Gasteiger partial charge in [0, 0.05) is 32.7 Å². The van der Waals surface area contributed by atoms with Crippen LogP contribution in [0.1, 0.15) is 6.92 Å². The van der Waals surface area contributed by atoms with E-state index in [4.69, 9.17) is 18.0 Å². The summed E-state index contributed by atoms with van der Waals surface area (Å²) in [5.74, 6) is 0. The Bertz CT molecular complexity index is 132. The van der Waals surface area contributed by atoms with Gasteiger partial charge in [-0.1, -0.05) is 12.2 Å². The van der Waals surface area contributed by atoms with Crippen LogP contribution in [-0.4, -0.2) is 37.0 Å². The maximum Gasteiger partial charge on any atom is 0.148 e. The monoisotopic (exact) mass is 222 g/mol. The summed E-state index contributed by atoms with van der Waals surface area (Å²) in [5.41, 5.74) is 5.31. The lowest BCUT2D eigenvalue weighted by Crippen LogP contribution is -2.30. The Balaban J connectivity index is 3.02. The van der Waals surface area contributed by atoms with Crippen molar-refractivity contribution in [1.29, 1.82) is 0 Å². The molecule has 4 nitrogen and oxygen atoms in total. The molecule has 0 fully saturated rings. The van der Waals surface area contributed by atoms with Crippen LogP contribution in [0, 0.1) is 0 Å². The molecule has 13 heavy (non-hydrogen) atoms. The fraction of sp³-hybridized carbons (Fsp3) is 0.857. The molecule has 0 bridgehead atoms. The van der Waals surface area contributed by atoms with Crippen molar-refractivity contribution in [3.63, 3.8) is 0 Å². The van der Waals surface area contributed by atoms with Gasteiger partial charge in [-0.3, -0.25) is 4.72 Å². The summed E-state index contributed by atoms with van der Waals surface area (Å²) in [4.78, 5) is 0. The molecular weight excluding hydrogens is 204 g/mol. The van der Waals surface area contributed by atoms with Crippen molar-refractivity contribution in [2.24, 2.45) is 5.73 Å². The standard InChI is InChI=1S/C7H18N4S2/c1-2-10-7(12)13-11-6-5-9-4-3-8/h9,11H,2-6,8H2,1H3,(H,10,12). The third kappa shape index (κ3) is 10.0. The minimum absolute atomic E-state index is 0.683. The highest BCUT2D eigenvalue weighted by Gasteiger charge is 1.93. The fourth-order valence-corrected chi connectivity index (χ4v) is 1.54. The highest BCUT2D eigenvalue weighted by Crippen LogP contribution is 1.93. The maximum absolute atomic E-state index is 5.31. The largest absolute Gasteiger partial charge is 0.370 e. The van der Waals surface area contributed by atoms with Crippen molar-refractivity contribution in [2.45, 2.75) is 6.92 Å². The lowest BCUT2D eigenvalue weighted by Gasteiger charge is -2.06. The number of hydrogen-bond donors (Lipinski definition) is 4. The average molecular weight is 222 g/mol. The molecule has 0 aliphatic rings. The van der Waals surface area contributed by atoms with Gasteiger partial charge in [0.2, 0.25) is 0 Å². The minimum atomic E-state index is 0.683. The summed E-state index contributed by atoms with van der Waals surface area (Å²) in [7, 11) is 0. The van der Waals surface area contributed by atoms with Crippen LogP contribution in [0.15, 0.2) is 0 Å². The summed E-state index contributed by atoms with van der Waals surface area (Å²) in [5, 5.41) is 6.22. The zero-order valence-electron chi connectivity index (χ0n) is 7.93. The van der Waals surface area contributed by atoms with Crippen molar-refractivity contribution in [2.75, 3.05) is 32.7 Å². The number of rotatable bonds is 7. The number of nitrogens with one attached hydrogen (secondary N) is 3. The molecule has 0 unspecified atom stereocenters. The second-order valence-corrected chi connectivity index (χ2v) is 3.92. The van der Waals surface area contributed by atoms with Gasteiger partial charge in [-0.2, -0.15) is 0 Å². The molecular formula is C7H18N4S2. The molecule has 0 aromatic rings. The molecule has 0 spiro atoms. The van der Waals surface area contributed by atoms with Crippen LogP contribution in [0.5, 0.6) is 0 Å². The summed E-state index contributed by atoms with van der Waals surface area (Å²) in [6.07, 6.45) is 0. The Morgan fingerprint density at radius 2 is 2.15 bits per heavy atom. The fourth-order valence-electron chi connectivity index (χ4n) is 0.663. The van der Waals surface area contributed by atoms with Crippen LogP contribution in [0.4, 0.5) is 0 Å². The van der Waals surface area contributed by atoms with Crippen LogP contribution in [0.3, 0.4) is 0 Å². The third-order valence-corrected chi connectivity index (χ3v) is 2.28. The molecule has 0 atom stereocenters. The Labute approximate surface area is 89.5 Å². The van der Waals surface area contributed by atoms with E-state index in [2.05, 4.69) is 15.4 Å². The van der Waals surface area contributed by atoms with Gasteiger partial charge in [0.25, 0.3) is 0 Å². The van der Waals surface area contributed by atoms with Crippen molar-refractivity contribution in [1.82, 2.24) is 15.4 Å². The molecule has 0 saturated heterocycles. The SMILES string of the molecule is CCNC(=S)SNCCNCCN. The van der Waals surface area contributed by atoms with Crippen molar-refractivity contribution in [3.05, 3.63) is 0 Å². The van der Waals surface area contributed by atoms with Gasteiger partial charge in [-0.25, -0.2) is 0 Å². The van der Waals surface area contributed by atoms with E-state index >= 15 is 0 Å². The highest BCUT2D eigenvalue weighted by molar-refractivity contribution is 8.21. The van der Waals surface area contributed by atoms with E-state index in [0.717, 1.165) is 30.5 Å². The summed E-state index contributed by atoms with van der Waals surface area (Å²) < 4.78 is 3.93. The van der Waals surface area contributed by atoms with Crippen LogP contribution >= 0.6 is 24.2 Å². The molecule has 0 aromatic carbocycles. The van der Waals surface area contributed by atoms with E-state index in [-0.39, 0.29) is 0 Å². The molecule has 5 N–H and O–H groups in total. The first-order valence-electron chi connectivity index (χ1n) is 4.39. The van der Waals surface area contributed by atoms with Crippen LogP contribution in [-0.2, 0) is 0 Å². The Morgan fingerprint density at radius 1 is 1.38 bits per heavy atom. The molecule has 0 radical (unpaired) electrons. The first-order chi connectivity index (χ1) is 6.31. The van der Waals surface area contributed by atoms with E-state index in [9.17, 15) is 0 Å². The predicted octanol–water partition coefficient (Wildman–Crippen LogP) is -0.333. The molecule has 0 aliphatic heterocycles. The first-order valence-corrected chi connectivity index (χ1v) is 5.62. The van der Waals surface area contributed by atoms with Gasteiger partial charge < -0.3 is 16.4 Å². The molecule has 0 aliphatic carbocycles. The van der Waals surface area contributed by atoms with Gasteiger partial charge in [-0.05, 0) is 18.9 Å². The van der Waals surface area contributed by atoms with E-state index in [1.807, 2.05) is 6.92 Å². The molecule has 6 heteroatoms. The molecule has 0 saturated carbocycles. The van der Waals surface area contributed by atoms with Crippen molar-refractivity contribution in [3.8, 4) is 0 Å². The molecule has 0 rings (SSSR count). The average Bonchev–Trinajstić information content (AvgIpc) is 2.11. The highest BCUT2D eigenvalue weighted by atomic mass is 32.2. The van der Waals surface area contributed by atoms with E-state index in [1.165, 1.54) is 11.9 Å². The van der Waals surface area contributed by atoms with E-state index in [1.54, 1.807) is 0 Å². The predicted molar refractivity (Wildman–Crippen MR) is 63.8 cm³/mol. The van der Waals surface area contributed by atoms with Crippen molar-refractivity contribution >= 4 is 28.5 Å². The molecule has 0 heterocycles. The van der Waals surface area contributed by atoms with Crippen LogP contribution in [0.25, 0.3) is 0 Å². The van der Waals surface area contributed by atoms with Crippen LogP contribution < -0.4 is 21.1 Å².